The van der Waals surface area contributed by atoms with E-state index < -0.39 is 6.04 Å². The van der Waals surface area contributed by atoms with Crippen molar-refractivity contribution in [2.45, 2.75) is 19.0 Å². The van der Waals surface area contributed by atoms with Gasteiger partial charge in [0.05, 0.1) is 37.0 Å². The molecule has 0 aliphatic carbocycles. The highest BCUT2D eigenvalue weighted by atomic mass is 35.5. The van der Waals surface area contributed by atoms with E-state index in [9.17, 15) is 9.59 Å². The zero-order chi connectivity index (χ0) is 24.9. The lowest BCUT2D eigenvalue weighted by atomic mass is 10.1. The van der Waals surface area contributed by atoms with Gasteiger partial charge in [-0.3, -0.25) is 14.5 Å². The molecular formula is C26H24ClN3O4S. The quantitative estimate of drug-likeness (QED) is 0.436. The minimum atomic E-state index is -0.793. The number of benzene rings is 3. The van der Waals surface area contributed by atoms with Crippen molar-refractivity contribution >= 4 is 52.1 Å². The standard InChI is InChI=1S/C26H24ClN3O4S/c1-33-22-13-12-17(14-23(22)34-2)16-29-21(15-24(31)28-20-11-7-6-10-19(20)27)25(32)30(26(29)35)18-8-4-3-5-9-18/h3-14,21H,15-16H2,1-2H3,(H,28,31). The summed E-state index contributed by atoms with van der Waals surface area (Å²) in [5.41, 5.74) is 1.98. The molecule has 180 valence electrons. The maximum atomic E-state index is 13.5. The van der Waals surface area contributed by atoms with Crippen molar-refractivity contribution in [3.05, 3.63) is 83.4 Å². The molecule has 4 rings (SSSR count). The van der Waals surface area contributed by atoms with Crippen LogP contribution in [0.2, 0.25) is 5.02 Å². The predicted octanol–water partition coefficient (Wildman–Crippen LogP) is 4.89. The van der Waals surface area contributed by atoms with Gasteiger partial charge >= 0.3 is 0 Å². The summed E-state index contributed by atoms with van der Waals surface area (Å²) in [5.74, 6) is 0.551. The minimum absolute atomic E-state index is 0.0964. The third-order valence-electron chi connectivity index (χ3n) is 5.66. The Kier molecular flexibility index (Phi) is 7.53. The molecular weight excluding hydrogens is 486 g/mol. The Morgan fingerprint density at radius 1 is 1.00 bits per heavy atom. The third kappa shape index (κ3) is 5.23. The molecule has 1 atom stereocenters. The van der Waals surface area contributed by atoms with E-state index in [0.29, 0.717) is 39.6 Å². The summed E-state index contributed by atoms with van der Waals surface area (Å²) in [7, 11) is 3.13. The van der Waals surface area contributed by atoms with Gasteiger partial charge in [0.1, 0.15) is 6.04 Å². The normalized spacial score (nSPS) is 15.3. The van der Waals surface area contributed by atoms with Crippen molar-refractivity contribution in [3.63, 3.8) is 0 Å². The molecule has 0 spiro atoms. The summed E-state index contributed by atoms with van der Waals surface area (Å²) in [5, 5.41) is 3.54. The zero-order valence-electron chi connectivity index (χ0n) is 19.2. The Morgan fingerprint density at radius 2 is 1.69 bits per heavy atom. The highest BCUT2D eigenvalue weighted by molar-refractivity contribution is 7.80. The fourth-order valence-corrected chi connectivity index (χ4v) is 4.51. The molecule has 1 unspecified atom stereocenters. The molecule has 2 amide bonds. The molecule has 0 bridgehead atoms. The SMILES string of the molecule is COc1ccc(CN2C(=S)N(c3ccccc3)C(=O)C2CC(=O)Nc2ccccc2Cl)cc1OC. The lowest BCUT2D eigenvalue weighted by Crippen LogP contribution is -2.37. The van der Waals surface area contributed by atoms with Crippen molar-refractivity contribution in [2.75, 3.05) is 24.4 Å². The van der Waals surface area contributed by atoms with E-state index >= 15 is 0 Å². The maximum absolute atomic E-state index is 13.5. The zero-order valence-corrected chi connectivity index (χ0v) is 20.8. The summed E-state index contributed by atoms with van der Waals surface area (Å²) in [4.78, 5) is 29.7. The topological polar surface area (TPSA) is 71.1 Å². The van der Waals surface area contributed by atoms with Gasteiger partial charge in [0.2, 0.25) is 5.91 Å². The van der Waals surface area contributed by atoms with Gasteiger partial charge in [-0.05, 0) is 54.2 Å². The highest BCUT2D eigenvalue weighted by Gasteiger charge is 2.44. The predicted molar refractivity (Wildman–Crippen MR) is 140 cm³/mol. The second-order valence-electron chi connectivity index (χ2n) is 7.86. The number of anilines is 2. The molecule has 1 fully saturated rings. The molecule has 3 aromatic rings. The monoisotopic (exact) mass is 509 g/mol. The summed E-state index contributed by atoms with van der Waals surface area (Å²) in [6.45, 7) is 0.304. The molecule has 35 heavy (non-hydrogen) atoms. The van der Waals surface area contributed by atoms with E-state index in [1.807, 2.05) is 42.5 Å². The Morgan fingerprint density at radius 3 is 2.37 bits per heavy atom. The van der Waals surface area contributed by atoms with Crippen LogP contribution in [0.25, 0.3) is 0 Å². The number of para-hydroxylation sites is 2. The van der Waals surface area contributed by atoms with E-state index in [2.05, 4.69) is 5.32 Å². The van der Waals surface area contributed by atoms with E-state index in [1.54, 1.807) is 49.5 Å². The van der Waals surface area contributed by atoms with Gasteiger partial charge in [-0.15, -0.1) is 0 Å². The van der Waals surface area contributed by atoms with Crippen LogP contribution in [0.1, 0.15) is 12.0 Å². The van der Waals surface area contributed by atoms with Gasteiger partial charge in [0, 0.05) is 6.54 Å². The molecule has 7 nitrogen and oxygen atoms in total. The highest BCUT2D eigenvalue weighted by Crippen LogP contribution is 2.32. The first-order valence-electron chi connectivity index (χ1n) is 10.9. The average molecular weight is 510 g/mol. The Balaban J connectivity index is 1.63. The Hall–Kier alpha value is -3.62. The number of carbonyl (C=O) groups is 2. The molecule has 1 N–H and O–H groups in total. The molecule has 9 heteroatoms. The van der Waals surface area contributed by atoms with Gasteiger partial charge in [-0.1, -0.05) is 48.0 Å². The number of hydrogen-bond acceptors (Lipinski definition) is 5. The maximum Gasteiger partial charge on any atom is 0.256 e. The third-order valence-corrected chi connectivity index (χ3v) is 6.41. The fraction of sp³-hybridized carbons (Fsp3) is 0.192. The number of hydrogen-bond donors (Lipinski definition) is 1. The smallest absolute Gasteiger partial charge is 0.256 e. The lowest BCUT2D eigenvalue weighted by Gasteiger charge is -2.24. The van der Waals surface area contributed by atoms with Crippen molar-refractivity contribution < 1.29 is 19.1 Å². The first-order chi connectivity index (χ1) is 16.9. The van der Waals surface area contributed by atoms with Crippen LogP contribution in [0.15, 0.2) is 72.8 Å². The summed E-state index contributed by atoms with van der Waals surface area (Å²) >= 11 is 11.9. The summed E-state index contributed by atoms with van der Waals surface area (Å²) in [6.07, 6.45) is -0.0964. The van der Waals surface area contributed by atoms with Gasteiger partial charge in [0.15, 0.2) is 16.6 Å². The van der Waals surface area contributed by atoms with Gasteiger partial charge in [-0.25, -0.2) is 0 Å². The second kappa shape index (κ2) is 10.8. The van der Waals surface area contributed by atoms with E-state index in [1.165, 1.54) is 4.90 Å². The number of methoxy groups -OCH3 is 2. The molecule has 1 aliphatic rings. The second-order valence-corrected chi connectivity index (χ2v) is 8.63. The Labute approximate surface area is 214 Å². The van der Waals surface area contributed by atoms with Gasteiger partial charge in [-0.2, -0.15) is 0 Å². The van der Waals surface area contributed by atoms with Crippen molar-refractivity contribution in [3.8, 4) is 11.5 Å². The number of nitrogens with one attached hydrogen (secondary N) is 1. The molecule has 3 aromatic carbocycles. The van der Waals surface area contributed by atoms with Crippen LogP contribution in [0, 0.1) is 0 Å². The fourth-order valence-electron chi connectivity index (χ4n) is 3.94. The Bertz CT molecular complexity index is 1250. The van der Waals surface area contributed by atoms with Crippen molar-refractivity contribution in [1.29, 1.82) is 0 Å². The molecule has 0 saturated carbocycles. The van der Waals surface area contributed by atoms with Crippen LogP contribution in [0.3, 0.4) is 0 Å². The van der Waals surface area contributed by atoms with Crippen LogP contribution in [-0.4, -0.2) is 42.1 Å². The van der Waals surface area contributed by atoms with E-state index in [4.69, 9.17) is 33.3 Å². The number of carbonyl (C=O) groups excluding carboxylic acids is 2. The van der Waals surface area contributed by atoms with Gasteiger partial charge in [0.25, 0.3) is 5.91 Å². The van der Waals surface area contributed by atoms with E-state index in [-0.39, 0.29) is 18.2 Å². The van der Waals surface area contributed by atoms with Gasteiger partial charge < -0.3 is 19.7 Å². The van der Waals surface area contributed by atoms with Crippen LogP contribution >= 0.6 is 23.8 Å². The van der Waals surface area contributed by atoms with E-state index in [0.717, 1.165) is 5.56 Å². The number of rotatable bonds is 8. The molecule has 0 aromatic heterocycles. The van der Waals surface area contributed by atoms with Crippen LogP contribution < -0.4 is 19.7 Å². The summed E-state index contributed by atoms with van der Waals surface area (Å²) < 4.78 is 10.7. The minimum Gasteiger partial charge on any atom is -0.493 e. The number of thiocarbonyl (C=S) groups is 1. The molecule has 0 radical (unpaired) electrons. The number of amides is 2. The van der Waals surface area contributed by atoms with Crippen molar-refractivity contribution in [2.24, 2.45) is 0 Å². The number of ether oxygens (including phenoxy) is 2. The first kappa shape index (κ1) is 24.5. The number of halogens is 1. The molecule has 1 aliphatic heterocycles. The lowest BCUT2D eigenvalue weighted by molar-refractivity contribution is -0.124. The van der Waals surface area contributed by atoms with Crippen LogP contribution in [0.5, 0.6) is 11.5 Å². The van der Waals surface area contributed by atoms with Crippen molar-refractivity contribution in [1.82, 2.24) is 4.90 Å². The summed E-state index contributed by atoms with van der Waals surface area (Å²) in [6, 6.07) is 20.8. The first-order valence-corrected chi connectivity index (χ1v) is 11.7. The van der Waals surface area contributed by atoms with Crippen LogP contribution in [0.4, 0.5) is 11.4 Å². The largest absolute Gasteiger partial charge is 0.493 e. The molecule has 1 heterocycles. The van der Waals surface area contributed by atoms with Crippen LogP contribution in [-0.2, 0) is 16.1 Å². The molecule has 1 saturated heterocycles. The average Bonchev–Trinajstić information content (AvgIpc) is 3.09. The number of nitrogens with zero attached hydrogens (tertiary/aromatic N) is 2.